The molecule has 0 aromatic heterocycles. The van der Waals surface area contributed by atoms with E-state index >= 15 is 0 Å². The molecule has 0 spiro atoms. The van der Waals surface area contributed by atoms with E-state index in [0.717, 1.165) is 0 Å². The summed E-state index contributed by atoms with van der Waals surface area (Å²) < 4.78 is 32.9. The van der Waals surface area contributed by atoms with Gasteiger partial charge in [-0.1, -0.05) is 18.2 Å². The maximum atomic E-state index is 13.7. The minimum absolute atomic E-state index is 0.106. The molecule has 2 aromatic carbocycles. The molecule has 0 bridgehead atoms. The molecule has 2 aromatic rings. The highest BCUT2D eigenvalue weighted by Crippen LogP contribution is 2.24. The number of carbonyl (C=O) groups excluding carboxylic acids is 1. The second kappa shape index (κ2) is 5.52. The lowest BCUT2D eigenvalue weighted by molar-refractivity contribution is 0.0739. The molecule has 0 radical (unpaired) electrons. The van der Waals surface area contributed by atoms with E-state index in [4.69, 9.17) is 4.74 Å². The predicted molar refractivity (Wildman–Crippen MR) is 73.0 cm³/mol. The average Bonchev–Trinajstić information content (AvgIpc) is 2.63. The van der Waals surface area contributed by atoms with Gasteiger partial charge < -0.3 is 9.64 Å². The van der Waals surface area contributed by atoms with Gasteiger partial charge in [-0.15, -0.1) is 0 Å². The summed E-state index contributed by atoms with van der Waals surface area (Å²) in [6.45, 7) is 0.454. The van der Waals surface area contributed by atoms with Gasteiger partial charge in [0, 0.05) is 5.56 Å². The van der Waals surface area contributed by atoms with Crippen LogP contribution in [-0.2, 0) is 6.54 Å². The van der Waals surface area contributed by atoms with Gasteiger partial charge in [-0.25, -0.2) is 8.78 Å². The first-order valence-corrected chi connectivity index (χ1v) is 6.61. The molecule has 0 saturated heterocycles. The van der Waals surface area contributed by atoms with Gasteiger partial charge in [-0.2, -0.15) is 0 Å². The van der Waals surface area contributed by atoms with Gasteiger partial charge in [0.15, 0.2) is 0 Å². The molecule has 0 aliphatic carbocycles. The number of rotatable bonds is 2. The van der Waals surface area contributed by atoms with Crippen LogP contribution in [0, 0.1) is 11.6 Å². The van der Waals surface area contributed by atoms with E-state index in [1.807, 2.05) is 0 Å². The van der Waals surface area contributed by atoms with Crippen LogP contribution in [0.1, 0.15) is 15.9 Å². The maximum absolute atomic E-state index is 13.7. The summed E-state index contributed by atoms with van der Waals surface area (Å²) in [5, 5.41) is 0. The number of halogens is 2. The molecule has 1 aliphatic heterocycles. The number of para-hydroxylation sites is 1. The van der Waals surface area contributed by atoms with Crippen molar-refractivity contribution >= 4 is 5.91 Å². The Hall–Kier alpha value is -2.43. The summed E-state index contributed by atoms with van der Waals surface area (Å²) in [4.78, 5) is 13.9. The molecule has 108 valence electrons. The van der Waals surface area contributed by atoms with Crippen molar-refractivity contribution in [1.29, 1.82) is 0 Å². The highest BCUT2D eigenvalue weighted by atomic mass is 19.1. The molecule has 5 heteroatoms. The second-order valence-corrected chi connectivity index (χ2v) is 4.77. The van der Waals surface area contributed by atoms with Crippen molar-refractivity contribution < 1.29 is 18.3 Å². The molecule has 0 saturated carbocycles. The Bertz CT molecular complexity index is 667. The molecule has 1 aliphatic rings. The SMILES string of the molecule is O=C1c2ccccc2OCCN1Cc1c(F)cccc1F. The largest absolute Gasteiger partial charge is 0.491 e. The highest BCUT2D eigenvalue weighted by molar-refractivity contribution is 5.97. The lowest BCUT2D eigenvalue weighted by Crippen LogP contribution is -2.32. The van der Waals surface area contributed by atoms with Crippen LogP contribution in [0.4, 0.5) is 8.78 Å². The minimum Gasteiger partial charge on any atom is -0.491 e. The van der Waals surface area contributed by atoms with Crippen molar-refractivity contribution in [2.75, 3.05) is 13.2 Å². The summed E-state index contributed by atoms with van der Waals surface area (Å²) in [5.74, 6) is -1.09. The van der Waals surface area contributed by atoms with Crippen LogP contribution < -0.4 is 4.74 Å². The van der Waals surface area contributed by atoms with Crippen LogP contribution in [0.2, 0.25) is 0 Å². The molecule has 1 amide bonds. The zero-order valence-corrected chi connectivity index (χ0v) is 11.2. The number of fused-ring (bicyclic) bond motifs is 1. The number of hydrogen-bond acceptors (Lipinski definition) is 2. The third-order valence-corrected chi connectivity index (χ3v) is 3.43. The topological polar surface area (TPSA) is 29.5 Å². The van der Waals surface area contributed by atoms with Gasteiger partial charge in [0.2, 0.25) is 0 Å². The van der Waals surface area contributed by atoms with Crippen LogP contribution in [-0.4, -0.2) is 24.0 Å². The first-order valence-electron chi connectivity index (χ1n) is 6.61. The second-order valence-electron chi connectivity index (χ2n) is 4.77. The lowest BCUT2D eigenvalue weighted by Gasteiger charge is -2.20. The fourth-order valence-corrected chi connectivity index (χ4v) is 2.33. The molecule has 0 fully saturated rings. The van der Waals surface area contributed by atoms with E-state index in [2.05, 4.69) is 0 Å². The fraction of sp³-hybridized carbons (Fsp3) is 0.188. The van der Waals surface area contributed by atoms with E-state index in [9.17, 15) is 13.6 Å². The normalized spacial score (nSPS) is 14.4. The third kappa shape index (κ3) is 2.59. The summed E-state index contributed by atoms with van der Waals surface area (Å²) >= 11 is 0. The van der Waals surface area contributed by atoms with Gasteiger partial charge in [0.05, 0.1) is 18.7 Å². The molecule has 3 rings (SSSR count). The van der Waals surface area contributed by atoms with E-state index in [-0.39, 0.29) is 24.6 Å². The lowest BCUT2D eigenvalue weighted by atomic mass is 10.1. The van der Waals surface area contributed by atoms with E-state index in [0.29, 0.717) is 17.9 Å². The van der Waals surface area contributed by atoms with Crippen molar-refractivity contribution in [1.82, 2.24) is 4.90 Å². The average molecular weight is 289 g/mol. The number of carbonyl (C=O) groups is 1. The molecule has 0 N–H and O–H groups in total. The highest BCUT2D eigenvalue weighted by Gasteiger charge is 2.24. The summed E-state index contributed by atoms with van der Waals surface area (Å²) in [5.41, 5.74) is 0.303. The van der Waals surface area contributed by atoms with Crippen LogP contribution in [0.15, 0.2) is 42.5 Å². The number of hydrogen-bond donors (Lipinski definition) is 0. The fourth-order valence-electron chi connectivity index (χ4n) is 2.33. The Kier molecular flexibility index (Phi) is 3.56. The Morgan fingerprint density at radius 1 is 1.05 bits per heavy atom. The maximum Gasteiger partial charge on any atom is 0.258 e. The number of nitrogens with zero attached hydrogens (tertiary/aromatic N) is 1. The number of amides is 1. The summed E-state index contributed by atoms with van der Waals surface area (Å²) in [7, 11) is 0. The number of benzene rings is 2. The quantitative estimate of drug-likeness (QED) is 0.850. The van der Waals surface area contributed by atoms with Gasteiger partial charge in [-0.3, -0.25) is 4.79 Å². The van der Waals surface area contributed by atoms with Crippen molar-refractivity contribution in [3.05, 3.63) is 65.2 Å². The molecule has 21 heavy (non-hydrogen) atoms. The molecular weight excluding hydrogens is 276 g/mol. The van der Waals surface area contributed by atoms with Gasteiger partial charge in [0.1, 0.15) is 24.0 Å². The van der Waals surface area contributed by atoms with Crippen molar-refractivity contribution in [3.8, 4) is 5.75 Å². The Morgan fingerprint density at radius 3 is 2.52 bits per heavy atom. The van der Waals surface area contributed by atoms with Crippen LogP contribution in [0.3, 0.4) is 0 Å². The van der Waals surface area contributed by atoms with Gasteiger partial charge in [-0.05, 0) is 24.3 Å². The van der Waals surface area contributed by atoms with E-state index < -0.39 is 11.6 Å². The Balaban J connectivity index is 1.92. The predicted octanol–water partition coefficient (Wildman–Crippen LogP) is 3.00. The monoisotopic (exact) mass is 289 g/mol. The molecule has 0 unspecified atom stereocenters. The first kappa shape index (κ1) is 13.5. The molecule has 1 heterocycles. The first-order chi connectivity index (χ1) is 10.2. The summed E-state index contributed by atoms with van der Waals surface area (Å²) in [6.07, 6.45) is 0. The van der Waals surface area contributed by atoms with Crippen LogP contribution >= 0.6 is 0 Å². The van der Waals surface area contributed by atoms with Gasteiger partial charge >= 0.3 is 0 Å². The molecule has 0 atom stereocenters. The Morgan fingerprint density at radius 2 is 1.76 bits per heavy atom. The minimum atomic E-state index is -0.652. The number of ether oxygens (including phenoxy) is 1. The smallest absolute Gasteiger partial charge is 0.258 e. The standard InChI is InChI=1S/C16H13F2NO2/c17-13-5-3-6-14(18)12(13)10-19-8-9-21-15-7-2-1-4-11(15)16(19)20/h1-7H,8-10H2. The van der Waals surface area contributed by atoms with Gasteiger partial charge in [0.25, 0.3) is 5.91 Å². The summed E-state index contributed by atoms with van der Waals surface area (Å²) in [6, 6.07) is 10.5. The van der Waals surface area contributed by atoms with Crippen LogP contribution in [0.5, 0.6) is 5.75 Å². The van der Waals surface area contributed by atoms with Crippen molar-refractivity contribution in [2.24, 2.45) is 0 Å². The zero-order valence-electron chi connectivity index (χ0n) is 11.2. The Labute approximate surface area is 120 Å². The zero-order chi connectivity index (χ0) is 14.8. The van der Waals surface area contributed by atoms with Crippen molar-refractivity contribution in [3.63, 3.8) is 0 Å². The molecular formula is C16H13F2NO2. The molecule has 3 nitrogen and oxygen atoms in total. The van der Waals surface area contributed by atoms with Crippen LogP contribution in [0.25, 0.3) is 0 Å². The van der Waals surface area contributed by atoms with Crippen molar-refractivity contribution in [2.45, 2.75) is 6.54 Å². The third-order valence-electron chi connectivity index (χ3n) is 3.43. The van der Waals surface area contributed by atoms with E-state index in [1.54, 1.807) is 24.3 Å². The van der Waals surface area contributed by atoms with E-state index in [1.165, 1.54) is 23.1 Å².